The number of hydrogen-bond donors (Lipinski definition) is 0. The van der Waals surface area contributed by atoms with Crippen LogP contribution in [0.3, 0.4) is 0 Å². The lowest BCUT2D eigenvalue weighted by Gasteiger charge is -2.18. The SMILES string of the molecule is CCN(CC)C(=O)c1ccc(-c2ccc(C3CCC(c4c(F)cccc4F)=N3)cc2)nc1. The van der Waals surface area contributed by atoms with Crippen molar-refractivity contribution in [2.45, 2.75) is 32.7 Å². The second kappa shape index (κ2) is 9.39. The summed E-state index contributed by atoms with van der Waals surface area (Å²) in [6.45, 7) is 5.23. The third kappa shape index (κ3) is 4.31. The fourth-order valence-corrected chi connectivity index (χ4v) is 4.06. The fourth-order valence-electron chi connectivity index (χ4n) is 4.06. The second-order valence-electron chi connectivity index (χ2n) is 7.76. The number of halogens is 2. The predicted molar refractivity (Wildman–Crippen MR) is 122 cm³/mol. The minimum absolute atomic E-state index is 0.0184. The summed E-state index contributed by atoms with van der Waals surface area (Å²) in [7, 11) is 0. The van der Waals surface area contributed by atoms with Gasteiger partial charge < -0.3 is 4.90 Å². The van der Waals surface area contributed by atoms with E-state index < -0.39 is 11.6 Å². The van der Waals surface area contributed by atoms with Gasteiger partial charge in [-0.1, -0.05) is 30.3 Å². The Morgan fingerprint density at radius 1 is 1.00 bits per heavy atom. The first kappa shape index (κ1) is 21.8. The van der Waals surface area contributed by atoms with E-state index in [-0.39, 0.29) is 17.5 Å². The Kier molecular flexibility index (Phi) is 6.40. The van der Waals surface area contributed by atoms with E-state index >= 15 is 0 Å². The van der Waals surface area contributed by atoms with Gasteiger partial charge in [0.25, 0.3) is 5.91 Å². The molecule has 3 aromatic rings. The van der Waals surface area contributed by atoms with Gasteiger partial charge in [0.05, 0.1) is 22.9 Å². The Hall–Kier alpha value is -3.41. The summed E-state index contributed by atoms with van der Waals surface area (Å²) in [5.41, 5.74) is 3.73. The van der Waals surface area contributed by atoms with Crippen molar-refractivity contribution in [1.29, 1.82) is 0 Å². The lowest BCUT2D eigenvalue weighted by molar-refractivity contribution is 0.0772. The summed E-state index contributed by atoms with van der Waals surface area (Å²) in [5.74, 6) is -1.17. The van der Waals surface area contributed by atoms with Crippen molar-refractivity contribution in [1.82, 2.24) is 9.88 Å². The van der Waals surface area contributed by atoms with Crippen LogP contribution in [0.5, 0.6) is 0 Å². The van der Waals surface area contributed by atoms with E-state index in [9.17, 15) is 13.6 Å². The molecule has 1 aliphatic rings. The Bertz CT molecular complexity index is 1120. The van der Waals surface area contributed by atoms with Crippen molar-refractivity contribution in [2.24, 2.45) is 4.99 Å². The number of aromatic nitrogens is 1. The number of carbonyl (C=O) groups is 1. The molecule has 1 unspecified atom stereocenters. The number of nitrogens with zero attached hydrogens (tertiary/aromatic N) is 3. The molecular formula is C26H25F2N3O. The molecule has 0 saturated carbocycles. The summed E-state index contributed by atoms with van der Waals surface area (Å²) in [5, 5.41) is 0. The Balaban J connectivity index is 1.50. The normalized spacial score (nSPS) is 15.5. The number of rotatable bonds is 6. The Labute approximate surface area is 186 Å². The number of benzene rings is 2. The summed E-state index contributed by atoms with van der Waals surface area (Å²) >= 11 is 0. The minimum Gasteiger partial charge on any atom is -0.339 e. The first-order valence-electron chi connectivity index (χ1n) is 10.9. The fraction of sp³-hybridized carbons (Fsp3) is 0.269. The highest BCUT2D eigenvalue weighted by atomic mass is 19.1. The molecule has 32 heavy (non-hydrogen) atoms. The van der Waals surface area contributed by atoms with E-state index in [1.165, 1.54) is 18.2 Å². The molecular weight excluding hydrogens is 408 g/mol. The summed E-state index contributed by atoms with van der Waals surface area (Å²) in [6.07, 6.45) is 2.86. The lowest BCUT2D eigenvalue weighted by atomic mass is 10.0. The van der Waals surface area contributed by atoms with E-state index in [0.29, 0.717) is 37.2 Å². The van der Waals surface area contributed by atoms with Crippen LogP contribution in [0.25, 0.3) is 11.3 Å². The molecule has 0 N–H and O–H groups in total. The molecule has 0 spiro atoms. The molecule has 1 aromatic heterocycles. The molecule has 4 nitrogen and oxygen atoms in total. The third-order valence-corrected chi connectivity index (χ3v) is 5.87. The van der Waals surface area contributed by atoms with Crippen LogP contribution in [0.1, 0.15) is 54.2 Å². The number of amides is 1. The summed E-state index contributed by atoms with van der Waals surface area (Å²) in [4.78, 5) is 23.3. The van der Waals surface area contributed by atoms with E-state index in [2.05, 4.69) is 9.98 Å². The molecule has 0 aliphatic carbocycles. The van der Waals surface area contributed by atoms with Gasteiger partial charge in [0, 0.05) is 30.6 Å². The maximum absolute atomic E-state index is 14.1. The van der Waals surface area contributed by atoms with Gasteiger partial charge >= 0.3 is 0 Å². The molecule has 0 saturated heterocycles. The highest BCUT2D eigenvalue weighted by Crippen LogP contribution is 2.33. The number of hydrogen-bond acceptors (Lipinski definition) is 3. The van der Waals surface area contributed by atoms with Gasteiger partial charge in [-0.05, 0) is 56.5 Å². The molecule has 0 fully saturated rings. The average Bonchev–Trinajstić information content (AvgIpc) is 3.30. The number of carbonyl (C=O) groups excluding carboxylic acids is 1. The summed E-state index contributed by atoms with van der Waals surface area (Å²) in [6, 6.07) is 15.3. The third-order valence-electron chi connectivity index (χ3n) is 5.87. The molecule has 2 heterocycles. The molecule has 1 atom stereocenters. The standard InChI is InChI=1S/C26H25F2N3O/c1-3-31(4-2)26(32)19-12-13-22(29-16-19)17-8-10-18(11-9-17)23-14-15-24(30-23)25-20(27)6-5-7-21(25)28/h5-13,16,23H,3-4,14-15H2,1-2H3. The van der Waals surface area contributed by atoms with Crippen LogP contribution in [0.2, 0.25) is 0 Å². The van der Waals surface area contributed by atoms with Crippen LogP contribution >= 0.6 is 0 Å². The smallest absolute Gasteiger partial charge is 0.255 e. The van der Waals surface area contributed by atoms with Crippen LogP contribution in [0, 0.1) is 11.6 Å². The maximum Gasteiger partial charge on any atom is 0.255 e. The molecule has 1 amide bonds. The monoisotopic (exact) mass is 433 g/mol. The van der Waals surface area contributed by atoms with Gasteiger partial charge in [-0.15, -0.1) is 0 Å². The molecule has 0 radical (unpaired) electrons. The van der Waals surface area contributed by atoms with Crippen LogP contribution < -0.4 is 0 Å². The van der Waals surface area contributed by atoms with E-state index in [1.807, 2.05) is 44.2 Å². The van der Waals surface area contributed by atoms with E-state index in [4.69, 9.17) is 0 Å². The first-order chi connectivity index (χ1) is 15.5. The van der Waals surface area contributed by atoms with Crippen LogP contribution in [-0.4, -0.2) is 34.6 Å². The van der Waals surface area contributed by atoms with E-state index in [1.54, 1.807) is 17.2 Å². The van der Waals surface area contributed by atoms with E-state index in [0.717, 1.165) is 16.8 Å². The topological polar surface area (TPSA) is 45.6 Å². The highest BCUT2D eigenvalue weighted by molar-refractivity contribution is 6.02. The largest absolute Gasteiger partial charge is 0.339 e. The van der Waals surface area contributed by atoms with Gasteiger partial charge in [0.15, 0.2) is 0 Å². The Morgan fingerprint density at radius 2 is 1.69 bits per heavy atom. The zero-order valence-corrected chi connectivity index (χ0v) is 18.2. The summed E-state index contributed by atoms with van der Waals surface area (Å²) < 4.78 is 28.2. The quantitative estimate of drug-likeness (QED) is 0.491. The van der Waals surface area contributed by atoms with Gasteiger partial charge in [0.1, 0.15) is 11.6 Å². The maximum atomic E-state index is 14.1. The zero-order chi connectivity index (χ0) is 22.7. The van der Waals surface area contributed by atoms with Crippen molar-refractivity contribution < 1.29 is 13.6 Å². The van der Waals surface area contributed by atoms with Crippen LogP contribution in [-0.2, 0) is 0 Å². The van der Waals surface area contributed by atoms with Crippen LogP contribution in [0.15, 0.2) is 65.8 Å². The minimum atomic E-state index is -0.575. The number of pyridine rings is 1. The molecule has 6 heteroatoms. The average molecular weight is 434 g/mol. The highest BCUT2D eigenvalue weighted by Gasteiger charge is 2.24. The van der Waals surface area contributed by atoms with Crippen molar-refractivity contribution in [3.05, 3.63) is 89.1 Å². The Morgan fingerprint density at radius 3 is 2.28 bits per heavy atom. The molecule has 1 aliphatic heterocycles. The second-order valence-corrected chi connectivity index (χ2v) is 7.76. The zero-order valence-electron chi connectivity index (χ0n) is 18.2. The first-order valence-corrected chi connectivity index (χ1v) is 10.9. The lowest BCUT2D eigenvalue weighted by Crippen LogP contribution is -2.30. The molecule has 0 bridgehead atoms. The van der Waals surface area contributed by atoms with Crippen LogP contribution in [0.4, 0.5) is 8.78 Å². The van der Waals surface area contributed by atoms with Gasteiger partial charge in [-0.2, -0.15) is 0 Å². The number of aliphatic imine (C=N–C) groups is 1. The van der Waals surface area contributed by atoms with Crippen molar-refractivity contribution in [2.75, 3.05) is 13.1 Å². The van der Waals surface area contributed by atoms with Gasteiger partial charge in [-0.3, -0.25) is 14.8 Å². The molecule has 2 aromatic carbocycles. The van der Waals surface area contributed by atoms with Crippen molar-refractivity contribution in [3.63, 3.8) is 0 Å². The molecule has 164 valence electrons. The van der Waals surface area contributed by atoms with Crippen molar-refractivity contribution in [3.8, 4) is 11.3 Å². The van der Waals surface area contributed by atoms with Gasteiger partial charge in [0.2, 0.25) is 0 Å². The molecule has 4 rings (SSSR count). The predicted octanol–water partition coefficient (Wildman–Crippen LogP) is 5.83. The van der Waals surface area contributed by atoms with Crippen molar-refractivity contribution >= 4 is 11.6 Å². The van der Waals surface area contributed by atoms with Gasteiger partial charge in [-0.25, -0.2) is 8.78 Å².